The van der Waals surface area contributed by atoms with E-state index >= 15 is 0 Å². The molecule has 1 atom stereocenters. The Bertz CT molecular complexity index is 417. The molecule has 0 aliphatic heterocycles. The van der Waals surface area contributed by atoms with Crippen molar-refractivity contribution in [1.82, 2.24) is 5.32 Å². The average Bonchev–Trinajstić information content (AvgIpc) is 2.78. The summed E-state index contributed by atoms with van der Waals surface area (Å²) in [6.07, 6.45) is 5.29. The van der Waals surface area contributed by atoms with Gasteiger partial charge in [-0.2, -0.15) is 0 Å². The van der Waals surface area contributed by atoms with Crippen molar-refractivity contribution in [3.05, 3.63) is 48.0 Å². The van der Waals surface area contributed by atoms with E-state index in [-0.39, 0.29) is 18.6 Å². The molecule has 0 bridgehead atoms. The zero-order chi connectivity index (χ0) is 24.1. The molecular formula is C26H53NO2. The predicted molar refractivity (Wildman–Crippen MR) is 135 cm³/mol. The minimum atomic E-state index is -0.117. The standard InChI is InChI=1S/C10H14.C7H13NO2.C3H8.3C2H6/c1-3-6-10-8-5-4-7-9(10)2;1-4-6(2)10-5-7(9)8-3;1-3-2;3*1-2/h4-5,7-8H,3,6H2,1-2H3;4,6H,1,5H2,2-3H3,(H,8,9);3H2,1-2H3;3*1-2H3. The van der Waals surface area contributed by atoms with Gasteiger partial charge in [0, 0.05) is 7.05 Å². The molecule has 0 radical (unpaired) electrons. The van der Waals surface area contributed by atoms with Gasteiger partial charge in [-0.15, -0.1) is 6.58 Å². The fourth-order valence-corrected chi connectivity index (χ4v) is 1.51. The molecule has 0 fully saturated rings. The van der Waals surface area contributed by atoms with Gasteiger partial charge in [0.25, 0.3) is 0 Å². The van der Waals surface area contributed by atoms with Gasteiger partial charge in [-0.1, -0.05) is 105 Å². The third-order valence-corrected chi connectivity index (χ3v) is 2.87. The summed E-state index contributed by atoms with van der Waals surface area (Å²) in [7, 11) is 1.57. The predicted octanol–water partition coefficient (Wildman–Crippen LogP) is 7.77. The van der Waals surface area contributed by atoms with Crippen LogP contribution >= 0.6 is 0 Å². The summed E-state index contributed by atoms with van der Waals surface area (Å²) in [5.41, 5.74) is 2.91. The lowest BCUT2D eigenvalue weighted by Gasteiger charge is -2.05. The molecular weight excluding hydrogens is 358 g/mol. The lowest BCUT2D eigenvalue weighted by atomic mass is 10.1. The van der Waals surface area contributed by atoms with E-state index in [1.807, 2.05) is 48.5 Å². The Morgan fingerprint density at radius 1 is 1.07 bits per heavy atom. The van der Waals surface area contributed by atoms with Crippen LogP contribution in [0.3, 0.4) is 0 Å². The molecule has 1 N–H and O–H groups in total. The molecule has 174 valence electrons. The molecule has 0 saturated heterocycles. The van der Waals surface area contributed by atoms with Crippen molar-refractivity contribution >= 4 is 5.91 Å². The van der Waals surface area contributed by atoms with Gasteiger partial charge in [0.15, 0.2) is 0 Å². The number of likely N-dealkylation sites (N-methyl/N-ethyl adjacent to an activating group) is 1. The van der Waals surface area contributed by atoms with Gasteiger partial charge in [-0.25, -0.2) is 0 Å². The summed E-state index contributed by atoms with van der Waals surface area (Å²) in [6.45, 7) is 26.1. The van der Waals surface area contributed by atoms with Crippen LogP contribution in [0.5, 0.6) is 0 Å². The zero-order valence-electron chi connectivity index (χ0n) is 21.8. The number of hydrogen-bond acceptors (Lipinski definition) is 2. The second-order valence-corrected chi connectivity index (χ2v) is 5.31. The Morgan fingerprint density at radius 2 is 1.52 bits per heavy atom. The average molecular weight is 412 g/mol. The SMILES string of the molecule is C=CC(C)OCC(=O)NC.CC.CC.CC.CCC.CCCc1ccccc1C. The lowest BCUT2D eigenvalue weighted by molar-refractivity contribution is -0.126. The molecule has 1 aromatic carbocycles. The van der Waals surface area contributed by atoms with Gasteiger partial charge in [-0.05, 0) is 31.4 Å². The monoisotopic (exact) mass is 411 g/mol. The molecule has 3 heteroatoms. The molecule has 29 heavy (non-hydrogen) atoms. The van der Waals surface area contributed by atoms with E-state index in [1.54, 1.807) is 13.1 Å². The lowest BCUT2D eigenvalue weighted by Crippen LogP contribution is -2.25. The van der Waals surface area contributed by atoms with Gasteiger partial charge in [0.05, 0.1) is 6.10 Å². The Kier molecular flexibility index (Phi) is 48.8. The molecule has 1 aromatic rings. The Hall–Kier alpha value is -1.61. The zero-order valence-corrected chi connectivity index (χ0v) is 21.8. The first-order chi connectivity index (χ1) is 14.0. The van der Waals surface area contributed by atoms with E-state index in [1.165, 1.54) is 30.4 Å². The molecule has 0 aliphatic rings. The molecule has 1 unspecified atom stereocenters. The van der Waals surface area contributed by atoms with Gasteiger partial charge in [0.1, 0.15) is 6.61 Å². The molecule has 0 aliphatic carbocycles. The first-order valence-corrected chi connectivity index (χ1v) is 11.5. The number of carbonyl (C=O) groups is 1. The van der Waals surface area contributed by atoms with Crippen molar-refractivity contribution in [1.29, 1.82) is 0 Å². The van der Waals surface area contributed by atoms with Crippen LogP contribution in [0.25, 0.3) is 0 Å². The van der Waals surface area contributed by atoms with Crippen molar-refractivity contribution in [2.75, 3.05) is 13.7 Å². The number of hydrogen-bond donors (Lipinski definition) is 1. The first-order valence-electron chi connectivity index (χ1n) is 11.5. The first kappa shape index (κ1) is 38.1. The maximum atomic E-state index is 10.6. The fourth-order valence-electron chi connectivity index (χ4n) is 1.51. The topological polar surface area (TPSA) is 38.3 Å². The van der Waals surface area contributed by atoms with Crippen LogP contribution in [0.15, 0.2) is 36.9 Å². The second kappa shape index (κ2) is 37.2. The van der Waals surface area contributed by atoms with Crippen molar-refractivity contribution in [2.24, 2.45) is 0 Å². The number of aryl methyl sites for hydroxylation is 2. The van der Waals surface area contributed by atoms with E-state index in [4.69, 9.17) is 4.74 Å². The number of benzene rings is 1. The Balaban J connectivity index is -0.0000000950. The third kappa shape index (κ3) is 34.3. The molecule has 1 rings (SSSR count). The Morgan fingerprint density at radius 3 is 1.86 bits per heavy atom. The van der Waals surface area contributed by atoms with Crippen molar-refractivity contribution < 1.29 is 9.53 Å². The number of amides is 1. The van der Waals surface area contributed by atoms with Crippen LogP contribution in [-0.4, -0.2) is 25.7 Å². The number of ether oxygens (including phenoxy) is 1. The summed E-state index contributed by atoms with van der Waals surface area (Å²) < 4.78 is 5.01. The van der Waals surface area contributed by atoms with E-state index in [2.05, 4.69) is 63.9 Å². The molecule has 0 heterocycles. The van der Waals surface area contributed by atoms with Gasteiger partial charge in [0.2, 0.25) is 5.91 Å². The quantitative estimate of drug-likeness (QED) is 0.485. The van der Waals surface area contributed by atoms with Crippen LogP contribution in [0, 0.1) is 6.92 Å². The maximum Gasteiger partial charge on any atom is 0.245 e. The van der Waals surface area contributed by atoms with E-state index in [0.29, 0.717) is 0 Å². The summed E-state index contributed by atoms with van der Waals surface area (Å²) in [5, 5.41) is 2.45. The molecule has 3 nitrogen and oxygen atoms in total. The van der Waals surface area contributed by atoms with Crippen LogP contribution in [0.1, 0.15) is 93.2 Å². The molecule has 0 spiro atoms. The van der Waals surface area contributed by atoms with Gasteiger partial charge in [-0.3, -0.25) is 4.79 Å². The highest BCUT2D eigenvalue weighted by Crippen LogP contribution is 2.08. The van der Waals surface area contributed by atoms with Gasteiger partial charge >= 0.3 is 0 Å². The second-order valence-electron chi connectivity index (χ2n) is 5.31. The third-order valence-electron chi connectivity index (χ3n) is 2.87. The van der Waals surface area contributed by atoms with Crippen LogP contribution in [-0.2, 0) is 16.0 Å². The van der Waals surface area contributed by atoms with Gasteiger partial charge < -0.3 is 10.1 Å². The normalized spacial score (nSPS) is 8.83. The number of rotatable bonds is 6. The highest BCUT2D eigenvalue weighted by molar-refractivity contribution is 5.76. The highest BCUT2D eigenvalue weighted by Gasteiger charge is 1.99. The van der Waals surface area contributed by atoms with Crippen molar-refractivity contribution in [3.63, 3.8) is 0 Å². The van der Waals surface area contributed by atoms with E-state index in [0.717, 1.165) is 0 Å². The minimum Gasteiger partial charge on any atom is -0.365 e. The van der Waals surface area contributed by atoms with Crippen LogP contribution in [0.4, 0.5) is 0 Å². The summed E-state index contributed by atoms with van der Waals surface area (Å²) in [4.78, 5) is 10.6. The smallest absolute Gasteiger partial charge is 0.245 e. The van der Waals surface area contributed by atoms with E-state index in [9.17, 15) is 4.79 Å². The number of carbonyl (C=O) groups excluding carboxylic acids is 1. The summed E-state index contributed by atoms with van der Waals surface area (Å²) in [5.74, 6) is -0.117. The van der Waals surface area contributed by atoms with Crippen LogP contribution < -0.4 is 5.32 Å². The Labute approximate surface area is 184 Å². The number of nitrogens with one attached hydrogen (secondary N) is 1. The summed E-state index contributed by atoms with van der Waals surface area (Å²) in [6, 6.07) is 8.58. The summed E-state index contributed by atoms with van der Waals surface area (Å²) >= 11 is 0. The van der Waals surface area contributed by atoms with Crippen molar-refractivity contribution in [2.45, 2.75) is 102 Å². The highest BCUT2D eigenvalue weighted by atomic mass is 16.5. The maximum absolute atomic E-state index is 10.6. The minimum absolute atomic E-state index is 0.0581. The molecule has 0 aromatic heterocycles. The molecule has 1 amide bonds. The van der Waals surface area contributed by atoms with Crippen LogP contribution in [0.2, 0.25) is 0 Å². The van der Waals surface area contributed by atoms with E-state index < -0.39 is 0 Å². The fraction of sp³-hybridized carbons (Fsp3) is 0.654. The largest absolute Gasteiger partial charge is 0.365 e. The molecule has 0 saturated carbocycles. The van der Waals surface area contributed by atoms with Crippen molar-refractivity contribution in [3.8, 4) is 0 Å².